The summed E-state index contributed by atoms with van der Waals surface area (Å²) in [7, 11) is -3.06. The predicted octanol–water partition coefficient (Wildman–Crippen LogP) is 1.03. The van der Waals surface area contributed by atoms with Crippen molar-refractivity contribution >= 4 is 10.0 Å². The molecule has 0 aliphatic carbocycles. The molecule has 0 aromatic rings. The SMILES string of the molecule is CCCS(=O)(=O)N(CCCN)CC(C)C. The predicted molar refractivity (Wildman–Crippen MR) is 64.2 cm³/mol. The van der Waals surface area contributed by atoms with Crippen LogP contribution >= 0.6 is 0 Å². The van der Waals surface area contributed by atoms with Gasteiger partial charge in [-0.2, -0.15) is 0 Å². The maximum Gasteiger partial charge on any atom is 0.214 e. The molecule has 0 unspecified atom stereocenters. The van der Waals surface area contributed by atoms with E-state index in [-0.39, 0.29) is 5.75 Å². The minimum absolute atomic E-state index is 0.240. The summed E-state index contributed by atoms with van der Waals surface area (Å²) in [6, 6.07) is 0. The van der Waals surface area contributed by atoms with Crippen molar-refractivity contribution < 1.29 is 8.42 Å². The van der Waals surface area contributed by atoms with E-state index < -0.39 is 10.0 Å². The number of rotatable bonds is 8. The van der Waals surface area contributed by atoms with Gasteiger partial charge in [-0.3, -0.25) is 0 Å². The van der Waals surface area contributed by atoms with Crippen LogP contribution < -0.4 is 5.73 Å². The first-order valence-electron chi connectivity index (χ1n) is 5.62. The van der Waals surface area contributed by atoms with Crippen molar-refractivity contribution in [1.82, 2.24) is 4.31 Å². The zero-order valence-electron chi connectivity index (χ0n) is 10.1. The molecule has 0 fully saturated rings. The zero-order valence-corrected chi connectivity index (χ0v) is 10.9. The van der Waals surface area contributed by atoms with Gasteiger partial charge in [0.2, 0.25) is 10.0 Å². The highest BCUT2D eigenvalue weighted by atomic mass is 32.2. The number of hydrogen-bond acceptors (Lipinski definition) is 3. The maximum atomic E-state index is 11.9. The number of nitrogens with two attached hydrogens (primary N) is 1. The second-order valence-corrected chi connectivity index (χ2v) is 6.30. The van der Waals surface area contributed by atoms with Crippen LogP contribution in [0.2, 0.25) is 0 Å². The summed E-state index contributed by atoms with van der Waals surface area (Å²) in [5, 5.41) is 0. The Labute approximate surface area is 93.9 Å². The smallest absolute Gasteiger partial charge is 0.214 e. The molecule has 5 heteroatoms. The lowest BCUT2D eigenvalue weighted by atomic mass is 10.2. The molecule has 0 rings (SSSR count). The molecule has 0 saturated heterocycles. The van der Waals surface area contributed by atoms with Gasteiger partial charge >= 0.3 is 0 Å². The van der Waals surface area contributed by atoms with Crippen LogP contribution in [0.25, 0.3) is 0 Å². The first-order valence-corrected chi connectivity index (χ1v) is 7.22. The normalized spacial score (nSPS) is 12.7. The van der Waals surface area contributed by atoms with Gasteiger partial charge in [0.25, 0.3) is 0 Å². The first-order chi connectivity index (χ1) is 6.94. The lowest BCUT2D eigenvalue weighted by Gasteiger charge is -2.23. The van der Waals surface area contributed by atoms with Crippen LogP contribution in [0.4, 0.5) is 0 Å². The molecule has 0 aromatic heterocycles. The van der Waals surface area contributed by atoms with Crippen molar-refractivity contribution in [3.8, 4) is 0 Å². The van der Waals surface area contributed by atoms with Gasteiger partial charge in [0.1, 0.15) is 0 Å². The topological polar surface area (TPSA) is 63.4 Å². The molecule has 0 spiro atoms. The molecule has 0 heterocycles. The largest absolute Gasteiger partial charge is 0.330 e. The lowest BCUT2D eigenvalue weighted by Crippen LogP contribution is -2.37. The fraction of sp³-hybridized carbons (Fsp3) is 1.00. The van der Waals surface area contributed by atoms with E-state index in [0.717, 1.165) is 6.42 Å². The minimum Gasteiger partial charge on any atom is -0.330 e. The van der Waals surface area contributed by atoms with Crippen molar-refractivity contribution in [2.24, 2.45) is 11.7 Å². The summed E-state index contributed by atoms with van der Waals surface area (Å²) in [5.74, 6) is 0.596. The average molecular weight is 236 g/mol. The Morgan fingerprint density at radius 3 is 2.33 bits per heavy atom. The summed E-state index contributed by atoms with van der Waals surface area (Å²) in [6.07, 6.45) is 1.40. The molecule has 0 aromatic carbocycles. The standard InChI is InChI=1S/C10H24N2O2S/c1-4-8-15(13,14)12(7-5-6-11)9-10(2)3/h10H,4-9,11H2,1-3H3. The molecule has 0 amide bonds. The maximum absolute atomic E-state index is 11.9. The van der Waals surface area contributed by atoms with E-state index in [9.17, 15) is 8.42 Å². The first kappa shape index (κ1) is 14.9. The summed E-state index contributed by atoms with van der Waals surface area (Å²) in [5.41, 5.74) is 5.40. The summed E-state index contributed by atoms with van der Waals surface area (Å²) >= 11 is 0. The molecule has 15 heavy (non-hydrogen) atoms. The van der Waals surface area contributed by atoms with Gasteiger partial charge in [0.15, 0.2) is 0 Å². The summed E-state index contributed by atoms with van der Waals surface area (Å²) in [4.78, 5) is 0. The van der Waals surface area contributed by atoms with Crippen LogP contribution in [0.1, 0.15) is 33.6 Å². The lowest BCUT2D eigenvalue weighted by molar-refractivity contribution is 0.364. The molecule has 0 aliphatic heterocycles. The molecule has 4 nitrogen and oxygen atoms in total. The van der Waals surface area contributed by atoms with Crippen LogP contribution in [0.3, 0.4) is 0 Å². The molecule has 0 atom stereocenters. The van der Waals surface area contributed by atoms with Gasteiger partial charge in [-0.25, -0.2) is 12.7 Å². The third kappa shape index (κ3) is 6.12. The van der Waals surface area contributed by atoms with Gasteiger partial charge in [-0.05, 0) is 25.3 Å². The third-order valence-electron chi connectivity index (χ3n) is 2.04. The second kappa shape index (κ2) is 7.19. The van der Waals surface area contributed by atoms with Crippen LogP contribution in [0.15, 0.2) is 0 Å². The molecule has 0 bridgehead atoms. The van der Waals surface area contributed by atoms with Crippen molar-refractivity contribution in [3.63, 3.8) is 0 Å². The summed E-state index contributed by atoms with van der Waals surface area (Å²) < 4.78 is 25.3. The Hall–Kier alpha value is -0.130. The highest BCUT2D eigenvalue weighted by Gasteiger charge is 2.20. The Bertz CT molecular complexity index is 250. The van der Waals surface area contributed by atoms with Crippen molar-refractivity contribution in [1.29, 1.82) is 0 Å². The number of hydrogen-bond donors (Lipinski definition) is 1. The molecule has 0 radical (unpaired) electrons. The quantitative estimate of drug-likeness (QED) is 0.684. The molecule has 0 saturated carbocycles. The van der Waals surface area contributed by atoms with E-state index in [1.165, 1.54) is 0 Å². The fourth-order valence-electron chi connectivity index (χ4n) is 1.41. The highest BCUT2D eigenvalue weighted by Crippen LogP contribution is 2.08. The monoisotopic (exact) mass is 236 g/mol. The fourth-order valence-corrected chi connectivity index (χ4v) is 3.11. The molecule has 2 N–H and O–H groups in total. The van der Waals surface area contributed by atoms with E-state index in [4.69, 9.17) is 5.73 Å². The van der Waals surface area contributed by atoms with E-state index in [1.54, 1.807) is 4.31 Å². The second-order valence-electron chi connectivity index (χ2n) is 4.21. The number of nitrogens with zero attached hydrogens (tertiary/aromatic N) is 1. The molecule has 0 aliphatic rings. The van der Waals surface area contributed by atoms with Crippen molar-refractivity contribution in [2.45, 2.75) is 33.6 Å². The average Bonchev–Trinajstić information content (AvgIpc) is 2.11. The number of sulfonamides is 1. The van der Waals surface area contributed by atoms with Gasteiger partial charge in [0.05, 0.1) is 5.75 Å². The molecule has 92 valence electrons. The van der Waals surface area contributed by atoms with E-state index in [0.29, 0.717) is 32.0 Å². The highest BCUT2D eigenvalue weighted by molar-refractivity contribution is 7.89. The Balaban J connectivity index is 4.46. The van der Waals surface area contributed by atoms with Gasteiger partial charge in [-0.1, -0.05) is 20.8 Å². The Morgan fingerprint density at radius 1 is 1.33 bits per heavy atom. The Kier molecular flexibility index (Phi) is 7.13. The van der Waals surface area contributed by atoms with Crippen molar-refractivity contribution in [3.05, 3.63) is 0 Å². The zero-order chi connectivity index (χ0) is 11.9. The van der Waals surface area contributed by atoms with Crippen LogP contribution in [-0.4, -0.2) is 38.1 Å². The van der Waals surface area contributed by atoms with Crippen molar-refractivity contribution in [2.75, 3.05) is 25.4 Å². The van der Waals surface area contributed by atoms with E-state index in [2.05, 4.69) is 0 Å². The van der Waals surface area contributed by atoms with E-state index in [1.807, 2.05) is 20.8 Å². The van der Waals surface area contributed by atoms with Gasteiger partial charge in [-0.15, -0.1) is 0 Å². The third-order valence-corrected chi connectivity index (χ3v) is 4.08. The molecular formula is C10H24N2O2S. The van der Waals surface area contributed by atoms with Crippen LogP contribution in [0.5, 0.6) is 0 Å². The van der Waals surface area contributed by atoms with Gasteiger partial charge < -0.3 is 5.73 Å². The minimum atomic E-state index is -3.06. The van der Waals surface area contributed by atoms with E-state index >= 15 is 0 Å². The Morgan fingerprint density at radius 2 is 1.93 bits per heavy atom. The van der Waals surface area contributed by atoms with Gasteiger partial charge in [0, 0.05) is 13.1 Å². The van der Waals surface area contributed by atoms with Crippen LogP contribution in [0, 0.1) is 5.92 Å². The van der Waals surface area contributed by atoms with Crippen LogP contribution in [-0.2, 0) is 10.0 Å². The summed E-state index contributed by atoms with van der Waals surface area (Å²) in [6.45, 7) is 7.62. The molecular weight excluding hydrogens is 212 g/mol.